The van der Waals surface area contributed by atoms with Crippen LogP contribution < -0.4 is 24.9 Å². The van der Waals surface area contributed by atoms with Gasteiger partial charge in [0.1, 0.15) is 5.75 Å². The molecule has 4 aliphatic rings. The van der Waals surface area contributed by atoms with Crippen LogP contribution in [0.15, 0.2) is 30.3 Å². The van der Waals surface area contributed by atoms with Gasteiger partial charge in [0.2, 0.25) is 6.79 Å². The van der Waals surface area contributed by atoms with Crippen LogP contribution in [0.3, 0.4) is 0 Å². The van der Waals surface area contributed by atoms with Crippen molar-refractivity contribution in [3.63, 3.8) is 0 Å². The van der Waals surface area contributed by atoms with E-state index in [0.29, 0.717) is 35.7 Å². The number of carbonyl (C=O) groups is 1. The summed E-state index contributed by atoms with van der Waals surface area (Å²) in [6, 6.07) is 10.2. The van der Waals surface area contributed by atoms with Gasteiger partial charge in [-0.2, -0.15) is 11.0 Å². The zero-order valence-corrected chi connectivity index (χ0v) is 24.0. The SMILES string of the molecule is CCc1cc2c(cc1OSOON)CCC1C2CC[C@]2(C)c3[nH]nc(C(=O)NCc4ccc5c(c4)OCO5)c3CC12. The van der Waals surface area contributed by atoms with E-state index in [1.165, 1.54) is 11.1 Å². The summed E-state index contributed by atoms with van der Waals surface area (Å²) in [6.07, 6.45) is 6.01. The first-order valence-corrected chi connectivity index (χ1v) is 14.9. The summed E-state index contributed by atoms with van der Waals surface area (Å²) in [5.74, 6) is 8.55. The average Bonchev–Trinajstić information content (AvgIpc) is 3.70. The summed E-state index contributed by atoms with van der Waals surface area (Å²) in [6.45, 7) is 5.13. The largest absolute Gasteiger partial charge is 0.454 e. The fourth-order valence-corrected chi connectivity index (χ4v) is 8.12. The zero-order valence-electron chi connectivity index (χ0n) is 23.2. The van der Waals surface area contributed by atoms with Crippen LogP contribution in [0, 0.1) is 11.8 Å². The minimum absolute atomic E-state index is 0.0102. The number of aromatic nitrogens is 2. The lowest BCUT2D eigenvalue weighted by atomic mass is 9.55. The van der Waals surface area contributed by atoms with E-state index in [0.717, 1.165) is 84.7 Å². The summed E-state index contributed by atoms with van der Waals surface area (Å²) in [5.41, 5.74) is 7.65. The third kappa shape index (κ3) is 4.46. The first kappa shape index (κ1) is 26.6. The molecule has 2 aromatic carbocycles. The number of carbonyl (C=O) groups excluding carboxylic acids is 1. The number of H-pyrrole nitrogens is 1. The van der Waals surface area contributed by atoms with E-state index in [4.69, 9.17) is 19.6 Å². The molecule has 1 aromatic heterocycles. The molecule has 11 heteroatoms. The number of ether oxygens (including phenoxy) is 2. The molecule has 10 nitrogen and oxygen atoms in total. The minimum atomic E-state index is -0.144. The molecule has 1 fully saturated rings. The van der Waals surface area contributed by atoms with Crippen molar-refractivity contribution in [2.24, 2.45) is 17.7 Å². The fraction of sp³-hybridized carbons (Fsp3) is 0.467. The minimum Gasteiger partial charge on any atom is -0.454 e. The monoisotopic (exact) mass is 578 g/mol. The van der Waals surface area contributed by atoms with Crippen molar-refractivity contribution in [3.8, 4) is 17.2 Å². The highest BCUT2D eigenvalue weighted by Crippen LogP contribution is 2.60. The van der Waals surface area contributed by atoms with Crippen LogP contribution in [-0.2, 0) is 40.5 Å². The van der Waals surface area contributed by atoms with Crippen molar-refractivity contribution in [1.29, 1.82) is 0 Å². The van der Waals surface area contributed by atoms with E-state index in [9.17, 15) is 4.79 Å². The lowest BCUT2D eigenvalue weighted by Crippen LogP contribution is -2.43. The summed E-state index contributed by atoms with van der Waals surface area (Å²) in [4.78, 5) is 17.5. The number of aryl methyl sites for hydroxylation is 2. The maximum absolute atomic E-state index is 13.3. The Morgan fingerprint density at radius 2 is 2.12 bits per heavy atom. The van der Waals surface area contributed by atoms with Crippen LogP contribution in [-0.4, -0.2) is 22.9 Å². The van der Waals surface area contributed by atoms with Crippen LogP contribution in [0.2, 0.25) is 0 Å². The van der Waals surface area contributed by atoms with Crippen molar-refractivity contribution in [2.45, 2.75) is 70.3 Å². The predicted octanol–water partition coefficient (Wildman–Crippen LogP) is 4.96. The van der Waals surface area contributed by atoms with E-state index in [2.05, 4.69) is 50.8 Å². The second kappa shape index (κ2) is 10.5. The Hall–Kier alpha value is -3.25. The van der Waals surface area contributed by atoms with Gasteiger partial charge in [-0.3, -0.25) is 9.89 Å². The molecule has 4 N–H and O–H groups in total. The van der Waals surface area contributed by atoms with Crippen molar-refractivity contribution >= 4 is 18.2 Å². The third-order valence-corrected chi connectivity index (χ3v) is 10.2. The number of hydrogen-bond donors (Lipinski definition) is 3. The van der Waals surface area contributed by atoms with Gasteiger partial charge < -0.3 is 19.0 Å². The predicted molar refractivity (Wildman–Crippen MR) is 151 cm³/mol. The number of fused-ring (bicyclic) bond motifs is 8. The second-order valence-corrected chi connectivity index (χ2v) is 12.1. The maximum atomic E-state index is 13.3. The first-order valence-electron chi connectivity index (χ1n) is 14.3. The first-order chi connectivity index (χ1) is 20.0. The van der Waals surface area contributed by atoms with Gasteiger partial charge in [-0.1, -0.05) is 26.0 Å². The molecule has 3 aliphatic carbocycles. The second-order valence-electron chi connectivity index (χ2n) is 11.7. The molecule has 41 heavy (non-hydrogen) atoms. The highest BCUT2D eigenvalue weighted by molar-refractivity contribution is 7.90. The number of benzene rings is 2. The van der Waals surface area contributed by atoms with Gasteiger partial charge in [-0.25, -0.2) is 0 Å². The topological polar surface area (TPSA) is 130 Å². The summed E-state index contributed by atoms with van der Waals surface area (Å²) >= 11 is 0.726. The number of rotatable bonds is 8. The van der Waals surface area contributed by atoms with Crippen LogP contribution in [0.5, 0.6) is 17.2 Å². The molecule has 1 amide bonds. The average molecular weight is 579 g/mol. The van der Waals surface area contributed by atoms with E-state index in [-0.39, 0.29) is 18.1 Å². The molecule has 7 rings (SSSR count). The van der Waals surface area contributed by atoms with Gasteiger partial charge in [0, 0.05) is 23.2 Å². The molecule has 3 unspecified atom stereocenters. The third-order valence-electron chi connectivity index (χ3n) is 9.83. The highest BCUT2D eigenvalue weighted by atomic mass is 32.2. The Morgan fingerprint density at radius 1 is 1.24 bits per heavy atom. The smallest absolute Gasteiger partial charge is 0.272 e. The Balaban J connectivity index is 1.09. The number of aromatic amines is 1. The fourth-order valence-electron chi connectivity index (χ4n) is 7.83. The van der Waals surface area contributed by atoms with Crippen molar-refractivity contribution in [2.75, 3.05) is 6.79 Å². The Labute approximate surface area is 242 Å². The van der Waals surface area contributed by atoms with Gasteiger partial charge in [-0.15, -0.1) is 9.32 Å². The van der Waals surface area contributed by atoms with Crippen molar-refractivity contribution in [3.05, 3.63) is 69.5 Å². The molecule has 1 saturated carbocycles. The van der Waals surface area contributed by atoms with E-state index in [1.54, 1.807) is 0 Å². The molecule has 4 atom stereocenters. The molecule has 0 saturated heterocycles. The molecule has 1 aliphatic heterocycles. The molecule has 3 aromatic rings. The van der Waals surface area contributed by atoms with Gasteiger partial charge >= 0.3 is 0 Å². The summed E-state index contributed by atoms with van der Waals surface area (Å²) in [5, 5.41) is 10.9. The van der Waals surface area contributed by atoms with Gasteiger partial charge in [0.05, 0.1) is 0 Å². The number of nitrogens with zero attached hydrogens (tertiary/aromatic N) is 1. The Morgan fingerprint density at radius 3 is 2.98 bits per heavy atom. The molecule has 0 spiro atoms. The van der Waals surface area contributed by atoms with Crippen molar-refractivity contribution < 1.29 is 27.8 Å². The van der Waals surface area contributed by atoms with Crippen molar-refractivity contribution in [1.82, 2.24) is 15.5 Å². The number of nitrogens with two attached hydrogens (primary N) is 1. The maximum Gasteiger partial charge on any atom is 0.272 e. The van der Waals surface area contributed by atoms with Gasteiger partial charge in [-0.05, 0) is 96.7 Å². The molecule has 0 bridgehead atoms. The Kier molecular flexibility index (Phi) is 6.85. The lowest BCUT2D eigenvalue weighted by Gasteiger charge is -2.49. The van der Waals surface area contributed by atoms with E-state index >= 15 is 0 Å². The lowest BCUT2D eigenvalue weighted by molar-refractivity contribution is -0.199. The number of amides is 1. The van der Waals surface area contributed by atoms with Crippen LogP contribution in [0.1, 0.15) is 83.0 Å². The highest BCUT2D eigenvalue weighted by Gasteiger charge is 2.55. The van der Waals surface area contributed by atoms with E-state index in [1.807, 2.05) is 18.2 Å². The van der Waals surface area contributed by atoms with Gasteiger partial charge in [0.25, 0.3) is 18.2 Å². The normalized spacial score (nSPS) is 25.2. The van der Waals surface area contributed by atoms with E-state index < -0.39 is 0 Å². The summed E-state index contributed by atoms with van der Waals surface area (Å²) in [7, 11) is 0. The van der Waals surface area contributed by atoms with Crippen LogP contribution in [0.4, 0.5) is 0 Å². The molecule has 2 heterocycles. The molecule has 0 radical (unpaired) electrons. The Bertz CT molecular complexity index is 1490. The molecule has 216 valence electrons. The summed E-state index contributed by atoms with van der Waals surface area (Å²) < 4.78 is 21.2. The standard InChI is InChI=1S/C30H34N4O6S/c1-3-17-11-21-18(12-25(17)38-41-40-39-31)5-6-20-19(21)8-9-30(2)23(20)13-22-27(33-34-28(22)30)29(35)32-14-16-4-7-24-26(10-16)37-15-36-24/h4,7,10-12,19-20,23H,3,5-6,8-9,13-15,31H2,1-2H3,(H,32,35)(H,33,34)/t19?,20?,23?,30-/m0/s1. The van der Waals surface area contributed by atoms with Gasteiger partial charge in [0.15, 0.2) is 17.2 Å². The number of hydrogen-bond acceptors (Lipinski definition) is 9. The van der Waals surface area contributed by atoms with Crippen LogP contribution in [0.25, 0.3) is 0 Å². The molecular formula is C30H34N4O6S. The molecular weight excluding hydrogens is 544 g/mol. The number of nitrogens with one attached hydrogen (secondary N) is 2. The quantitative estimate of drug-likeness (QED) is 0.147. The van der Waals surface area contributed by atoms with Crippen LogP contribution >= 0.6 is 12.3 Å². The zero-order chi connectivity index (χ0) is 28.1.